The largest absolute Gasteiger partial charge is 0.444 e. The average Bonchev–Trinajstić information content (AvgIpc) is 3.03. The Balaban J connectivity index is 2.14. The smallest absolute Gasteiger partial charge is 0.205 e. The summed E-state index contributed by atoms with van der Waals surface area (Å²) in [6.45, 7) is 4.30. The zero-order valence-corrected chi connectivity index (χ0v) is 13.8. The van der Waals surface area contributed by atoms with E-state index in [1.165, 1.54) is 0 Å². The van der Waals surface area contributed by atoms with Crippen LogP contribution in [0.1, 0.15) is 50.9 Å². The maximum absolute atomic E-state index is 12.5. The van der Waals surface area contributed by atoms with Crippen molar-refractivity contribution in [3.05, 3.63) is 40.7 Å². The van der Waals surface area contributed by atoms with Gasteiger partial charge in [0.25, 0.3) is 0 Å². The molecule has 2 aliphatic rings. The molecule has 0 radical (unpaired) electrons. The number of nitrogens with zero attached hydrogens (tertiary/aromatic N) is 3. The number of carbonyl (C=O) groups excluding carboxylic acids is 1. The number of nitriles is 1. The minimum Gasteiger partial charge on any atom is -0.444 e. The van der Waals surface area contributed by atoms with Crippen molar-refractivity contribution in [3.63, 3.8) is 0 Å². The van der Waals surface area contributed by atoms with Crippen LogP contribution >= 0.6 is 0 Å². The first-order valence-corrected chi connectivity index (χ1v) is 8.07. The monoisotopic (exact) mass is 328 g/mol. The van der Waals surface area contributed by atoms with Crippen LogP contribution < -0.4 is 5.73 Å². The molecular weight excluding hydrogens is 308 g/mol. The fraction of sp³-hybridized carbons (Fsp3) is 0.471. The molecule has 1 aliphatic heterocycles. The van der Waals surface area contributed by atoms with Crippen LogP contribution in [-0.2, 0) is 14.3 Å². The standard InChI is InChI=1S/C17H20N4O3/c1-3-23-10(2)21-12(7-8-20-21)15-11(9-18)17(19)24-14-6-4-5-13(22)16(14)15/h7-8,10,15H,3-6,19H2,1-2H3/t10-,15-/m0/s1. The Morgan fingerprint density at radius 1 is 1.58 bits per heavy atom. The van der Waals surface area contributed by atoms with Gasteiger partial charge in [-0.1, -0.05) is 0 Å². The fourth-order valence-electron chi connectivity index (χ4n) is 3.32. The summed E-state index contributed by atoms with van der Waals surface area (Å²) >= 11 is 0. The van der Waals surface area contributed by atoms with E-state index in [0.717, 1.165) is 6.42 Å². The Bertz CT molecular complexity index is 769. The van der Waals surface area contributed by atoms with Gasteiger partial charge in [-0.3, -0.25) is 4.79 Å². The number of aromatic nitrogens is 2. The van der Waals surface area contributed by atoms with E-state index in [2.05, 4.69) is 11.2 Å². The van der Waals surface area contributed by atoms with Gasteiger partial charge in [-0.05, 0) is 26.3 Å². The molecule has 0 saturated carbocycles. The van der Waals surface area contributed by atoms with E-state index in [4.69, 9.17) is 15.2 Å². The van der Waals surface area contributed by atoms with Gasteiger partial charge < -0.3 is 15.2 Å². The van der Waals surface area contributed by atoms with Crippen LogP contribution in [0.5, 0.6) is 0 Å². The van der Waals surface area contributed by atoms with E-state index in [1.807, 2.05) is 13.8 Å². The lowest BCUT2D eigenvalue weighted by Crippen LogP contribution is -2.29. The molecule has 126 valence electrons. The van der Waals surface area contributed by atoms with Crippen LogP contribution in [0.2, 0.25) is 0 Å². The number of ketones is 1. The summed E-state index contributed by atoms with van der Waals surface area (Å²) in [5.41, 5.74) is 7.43. The van der Waals surface area contributed by atoms with E-state index < -0.39 is 5.92 Å². The molecule has 1 aromatic heterocycles. The molecule has 0 saturated heterocycles. The van der Waals surface area contributed by atoms with Crippen LogP contribution in [0, 0.1) is 11.3 Å². The van der Waals surface area contributed by atoms with Crippen LogP contribution in [0.15, 0.2) is 35.1 Å². The van der Waals surface area contributed by atoms with Crippen molar-refractivity contribution in [1.82, 2.24) is 9.78 Å². The second kappa shape index (κ2) is 6.49. The fourth-order valence-corrected chi connectivity index (χ4v) is 3.32. The van der Waals surface area contributed by atoms with Gasteiger partial charge in [-0.25, -0.2) is 4.68 Å². The van der Waals surface area contributed by atoms with Crippen molar-refractivity contribution in [2.24, 2.45) is 5.73 Å². The van der Waals surface area contributed by atoms with E-state index in [1.54, 1.807) is 16.9 Å². The van der Waals surface area contributed by atoms with Gasteiger partial charge in [0.05, 0.1) is 11.6 Å². The highest BCUT2D eigenvalue weighted by Gasteiger charge is 2.39. The molecule has 1 aromatic rings. The molecule has 1 aliphatic carbocycles. The zero-order chi connectivity index (χ0) is 17.3. The van der Waals surface area contributed by atoms with Gasteiger partial charge in [0.15, 0.2) is 5.78 Å². The third-order valence-electron chi connectivity index (χ3n) is 4.35. The number of hydrogen-bond acceptors (Lipinski definition) is 6. The number of hydrogen-bond donors (Lipinski definition) is 1. The van der Waals surface area contributed by atoms with E-state index >= 15 is 0 Å². The average molecular weight is 328 g/mol. The third-order valence-corrected chi connectivity index (χ3v) is 4.35. The Morgan fingerprint density at radius 2 is 2.38 bits per heavy atom. The van der Waals surface area contributed by atoms with Crippen molar-refractivity contribution >= 4 is 5.78 Å². The molecule has 0 bridgehead atoms. The molecule has 0 unspecified atom stereocenters. The predicted octanol–water partition coefficient (Wildman–Crippen LogP) is 2.25. The summed E-state index contributed by atoms with van der Waals surface area (Å²) in [7, 11) is 0. The molecule has 2 atom stereocenters. The molecule has 2 N–H and O–H groups in total. The van der Waals surface area contributed by atoms with Gasteiger partial charge in [0.1, 0.15) is 23.6 Å². The maximum Gasteiger partial charge on any atom is 0.205 e. The van der Waals surface area contributed by atoms with Gasteiger partial charge >= 0.3 is 0 Å². The van der Waals surface area contributed by atoms with Crippen LogP contribution in [0.25, 0.3) is 0 Å². The highest BCUT2D eigenvalue weighted by Crippen LogP contribution is 2.43. The van der Waals surface area contributed by atoms with Crippen molar-refractivity contribution in [2.75, 3.05) is 6.61 Å². The number of nitrogens with two attached hydrogens (primary N) is 1. The number of ether oxygens (including phenoxy) is 2. The van der Waals surface area contributed by atoms with Crippen molar-refractivity contribution in [2.45, 2.75) is 45.3 Å². The van der Waals surface area contributed by atoms with Crippen molar-refractivity contribution < 1.29 is 14.3 Å². The molecule has 7 heteroatoms. The Labute approximate surface area is 140 Å². The molecule has 7 nitrogen and oxygen atoms in total. The van der Waals surface area contributed by atoms with Crippen molar-refractivity contribution in [1.29, 1.82) is 5.26 Å². The summed E-state index contributed by atoms with van der Waals surface area (Å²) in [6.07, 6.45) is 3.15. The molecule has 0 aromatic carbocycles. The number of carbonyl (C=O) groups is 1. The second-order valence-corrected chi connectivity index (χ2v) is 5.79. The highest BCUT2D eigenvalue weighted by molar-refractivity contribution is 5.99. The topological polar surface area (TPSA) is 103 Å². The number of Topliss-reactive ketones (excluding diaryl/α,β-unsaturated/α-hetero) is 1. The first kappa shape index (κ1) is 16.3. The lowest BCUT2D eigenvalue weighted by atomic mass is 9.79. The molecule has 24 heavy (non-hydrogen) atoms. The molecule has 3 rings (SSSR count). The summed E-state index contributed by atoms with van der Waals surface area (Å²) in [4.78, 5) is 12.5. The van der Waals surface area contributed by atoms with E-state index in [0.29, 0.717) is 36.5 Å². The maximum atomic E-state index is 12.5. The van der Waals surface area contributed by atoms with Gasteiger partial charge in [0, 0.05) is 31.2 Å². The number of allylic oxidation sites excluding steroid dienone is 3. The van der Waals surface area contributed by atoms with Gasteiger partial charge in [0.2, 0.25) is 5.88 Å². The Hall–Kier alpha value is -2.59. The summed E-state index contributed by atoms with van der Waals surface area (Å²) in [5.74, 6) is 0.0765. The highest BCUT2D eigenvalue weighted by atomic mass is 16.5. The van der Waals surface area contributed by atoms with E-state index in [-0.39, 0.29) is 23.5 Å². The van der Waals surface area contributed by atoms with Gasteiger partial charge in [-0.15, -0.1) is 0 Å². The minimum atomic E-state index is -0.558. The summed E-state index contributed by atoms with van der Waals surface area (Å²) < 4.78 is 12.9. The normalized spacial score (nSPS) is 22.0. The zero-order valence-electron chi connectivity index (χ0n) is 13.8. The molecule has 2 heterocycles. The first-order chi connectivity index (χ1) is 11.6. The quantitative estimate of drug-likeness (QED) is 0.909. The number of rotatable bonds is 4. The lowest BCUT2D eigenvalue weighted by Gasteiger charge is -2.31. The summed E-state index contributed by atoms with van der Waals surface area (Å²) in [5, 5.41) is 13.9. The van der Waals surface area contributed by atoms with Crippen LogP contribution in [0.4, 0.5) is 0 Å². The first-order valence-electron chi connectivity index (χ1n) is 8.07. The predicted molar refractivity (Wildman–Crippen MR) is 85.1 cm³/mol. The summed E-state index contributed by atoms with van der Waals surface area (Å²) in [6, 6.07) is 3.90. The van der Waals surface area contributed by atoms with Crippen LogP contribution in [-0.4, -0.2) is 22.2 Å². The SMILES string of the molecule is CCO[C@@H](C)n1nccc1[C@@H]1C(C#N)=C(N)OC2=C1C(=O)CCC2. The second-order valence-electron chi connectivity index (χ2n) is 5.79. The van der Waals surface area contributed by atoms with Gasteiger partial charge in [-0.2, -0.15) is 10.4 Å². The molecule has 0 spiro atoms. The molecule has 0 amide bonds. The Morgan fingerprint density at radius 3 is 3.08 bits per heavy atom. The molecule has 0 fully saturated rings. The van der Waals surface area contributed by atoms with E-state index in [9.17, 15) is 10.1 Å². The van der Waals surface area contributed by atoms with Crippen LogP contribution in [0.3, 0.4) is 0 Å². The minimum absolute atomic E-state index is 0.00156. The lowest BCUT2D eigenvalue weighted by molar-refractivity contribution is -0.116. The van der Waals surface area contributed by atoms with Crippen molar-refractivity contribution in [3.8, 4) is 6.07 Å². The Kier molecular flexibility index (Phi) is 4.40. The third kappa shape index (κ3) is 2.59. The molecular formula is C17H20N4O3.